The number of rotatable bonds is 4. The van der Waals surface area contributed by atoms with Crippen LogP contribution in [0.1, 0.15) is 42.4 Å². The highest BCUT2D eigenvalue weighted by Gasteiger charge is 2.25. The van der Waals surface area contributed by atoms with Gasteiger partial charge in [-0.25, -0.2) is 8.42 Å². The van der Waals surface area contributed by atoms with E-state index in [1.165, 1.54) is 11.1 Å². The van der Waals surface area contributed by atoms with Gasteiger partial charge in [-0.1, -0.05) is 49.2 Å². The molecule has 4 rings (SSSR count). The molecule has 0 N–H and O–H groups in total. The summed E-state index contributed by atoms with van der Waals surface area (Å²) in [6.45, 7) is 2.54. The van der Waals surface area contributed by atoms with E-state index in [0.717, 1.165) is 37.7 Å². The molecule has 6 heteroatoms. The molecule has 158 valence electrons. The molecule has 0 saturated carbocycles. The Balaban J connectivity index is 1.41. The third-order valence-corrected chi connectivity index (χ3v) is 7.86. The Bertz CT molecular complexity index is 1020. The minimum Gasteiger partial charge on any atom is -0.334 e. The second kappa shape index (κ2) is 9.14. The molecular weight excluding hydrogens is 396 g/mol. The van der Waals surface area contributed by atoms with Gasteiger partial charge in [-0.2, -0.15) is 4.31 Å². The molecule has 2 aromatic rings. The van der Waals surface area contributed by atoms with Crippen LogP contribution in [0.4, 0.5) is 0 Å². The summed E-state index contributed by atoms with van der Waals surface area (Å²) in [7, 11) is -3.44. The average molecular weight is 425 g/mol. The summed E-state index contributed by atoms with van der Waals surface area (Å²) < 4.78 is 27.3. The molecule has 2 aliphatic heterocycles. The maximum Gasteiger partial charge on any atom is 0.246 e. The Labute approximate surface area is 179 Å². The fraction of sp³-hybridized carbons (Fsp3) is 0.375. The van der Waals surface area contributed by atoms with Crippen molar-refractivity contribution >= 4 is 22.0 Å². The van der Waals surface area contributed by atoms with Crippen LogP contribution in [0.3, 0.4) is 0 Å². The first-order chi connectivity index (χ1) is 14.5. The fourth-order valence-electron chi connectivity index (χ4n) is 4.14. The lowest BCUT2D eigenvalue weighted by Gasteiger charge is -2.27. The number of amides is 1. The van der Waals surface area contributed by atoms with Crippen molar-refractivity contribution in [2.75, 3.05) is 19.6 Å². The van der Waals surface area contributed by atoms with Crippen molar-refractivity contribution in [1.29, 1.82) is 0 Å². The maximum atomic E-state index is 12.9. The second-order valence-corrected chi connectivity index (χ2v) is 9.94. The molecule has 0 aliphatic carbocycles. The lowest BCUT2D eigenvalue weighted by molar-refractivity contribution is -0.126. The van der Waals surface area contributed by atoms with Crippen LogP contribution < -0.4 is 0 Å². The van der Waals surface area contributed by atoms with Crippen molar-refractivity contribution in [2.24, 2.45) is 0 Å². The van der Waals surface area contributed by atoms with E-state index in [4.69, 9.17) is 0 Å². The Morgan fingerprint density at radius 3 is 2.20 bits per heavy atom. The van der Waals surface area contributed by atoms with E-state index in [9.17, 15) is 13.2 Å². The molecule has 2 aromatic carbocycles. The molecule has 1 amide bonds. The number of hydrogen-bond donors (Lipinski definition) is 0. The van der Waals surface area contributed by atoms with Crippen molar-refractivity contribution < 1.29 is 13.2 Å². The van der Waals surface area contributed by atoms with Crippen LogP contribution >= 0.6 is 0 Å². The zero-order valence-corrected chi connectivity index (χ0v) is 18.0. The van der Waals surface area contributed by atoms with E-state index in [0.29, 0.717) is 31.1 Å². The maximum absolute atomic E-state index is 12.9. The molecule has 1 fully saturated rings. The number of sulfonamides is 1. The average Bonchev–Trinajstić information content (AvgIpc) is 3.08. The Hall–Kier alpha value is -2.44. The van der Waals surface area contributed by atoms with Crippen molar-refractivity contribution in [3.05, 3.63) is 71.3 Å². The normalized spacial score (nSPS) is 18.2. The van der Waals surface area contributed by atoms with Crippen LogP contribution in [0.2, 0.25) is 0 Å². The van der Waals surface area contributed by atoms with E-state index < -0.39 is 10.0 Å². The molecule has 2 heterocycles. The summed E-state index contributed by atoms with van der Waals surface area (Å²) >= 11 is 0. The third kappa shape index (κ3) is 4.65. The van der Waals surface area contributed by atoms with Crippen molar-refractivity contribution in [3.63, 3.8) is 0 Å². The minimum atomic E-state index is -3.44. The Morgan fingerprint density at radius 1 is 0.833 bits per heavy atom. The molecule has 0 bridgehead atoms. The smallest absolute Gasteiger partial charge is 0.246 e. The Kier molecular flexibility index (Phi) is 6.35. The molecule has 0 atom stereocenters. The topological polar surface area (TPSA) is 57.7 Å². The zero-order valence-electron chi connectivity index (χ0n) is 17.2. The number of fused-ring (bicyclic) bond motifs is 1. The molecule has 0 radical (unpaired) electrons. The van der Waals surface area contributed by atoms with E-state index in [-0.39, 0.29) is 5.91 Å². The van der Waals surface area contributed by atoms with Crippen LogP contribution in [0.15, 0.2) is 59.5 Å². The first kappa shape index (κ1) is 20.8. The van der Waals surface area contributed by atoms with E-state index >= 15 is 0 Å². The highest BCUT2D eigenvalue weighted by Crippen LogP contribution is 2.22. The number of nitrogens with zero attached hydrogens (tertiary/aromatic N) is 2. The third-order valence-electron chi connectivity index (χ3n) is 5.94. The first-order valence-electron chi connectivity index (χ1n) is 10.7. The fourth-order valence-corrected chi connectivity index (χ4v) is 5.66. The van der Waals surface area contributed by atoms with Gasteiger partial charge in [0, 0.05) is 32.3 Å². The SMILES string of the molecule is O=C(/C=C/c1ccc(S(=O)(=O)N2CCCCCC2)cc1)N1CCc2ccccc2C1. The largest absolute Gasteiger partial charge is 0.334 e. The molecule has 30 heavy (non-hydrogen) atoms. The first-order valence-corrected chi connectivity index (χ1v) is 12.1. The van der Waals surface area contributed by atoms with Crippen LogP contribution in [-0.2, 0) is 27.8 Å². The van der Waals surface area contributed by atoms with Gasteiger partial charge in [0.1, 0.15) is 0 Å². The van der Waals surface area contributed by atoms with Crippen LogP contribution in [-0.4, -0.2) is 43.2 Å². The summed E-state index contributed by atoms with van der Waals surface area (Å²) in [5.74, 6) is -0.0224. The quantitative estimate of drug-likeness (QED) is 0.701. The van der Waals surface area contributed by atoms with Crippen LogP contribution in [0.25, 0.3) is 6.08 Å². The van der Waals surface area contributed by atoms with Crippen LogP contribution in [0.5, 0.6) is 0 Å². The van der Waals surface area contributed by atoms with Gasteiger partial charge in [-0.3, -0.25) is 4.79 Å². The summed E-state index contributed by atoms with van der Waals surface area (Å²) in [5.41, 5.74) is 3.33. The van der Waals surface area contributed by atoms with Gasteiger partial charge < -0.3 is 4.90 Å². The monoisotopic (exact) mass is 424 g/mol. The lowest BCUT2D eigenvalue weighted by Crippen LogP contribution is -2.34. The summed E-state index contributed by atoms with van der Waals surface area (Å²) in [5, 5.41) is 0. The predicted molar refractivity (Wildman–Crippen MR) is 118 cm³/mol. The standard InChI is InChI=1S/C24H28N2O3S/c27-24(25-18-15-21-7-3-4-8-22(21)19-25)14-11-20-9-12-23(13-10-20)30(28,29)26-16-5-1-2-6-17-26/h3-4,7-14H,1-2,5-6,15-19H2/b14-11+. The van der Waals surface area contributed by atoms with Gasteiger partial charge in [0.25, 0.3) is 0 Å². The lowest BCUT2D eigenvalue weighted by atomic mass is 10.00. The van der Waals surface area contributed by atoms with E-state index in [1.54, 1.807) is 40.7 Å². The predicted octanol–water partition coefficient (Wildman–Crippen LogP) is 3.85. The summed E-state index contributed by atoms with van der Waals surface area (Å²) in [6, 6.07) is 15.0. The van der Waals surface area contributed by atoms with Crippen molar-refractivity contribution in [2.45, 2.75) is 43.5 Å². The minimum absolute atomic E-state index is 0.0224. The second-order valence-electron chi connectivity index (χ2n) is 8.00. The van der Waals surface area contributed by atoms with E-state index in [2.05, 4.69) is 12.1 Å². The van der Waals surface area contributed by atoms with Crippen LogP contribution in [0, 0.1) is 0 Å². The number of benzene rings is 2. The Morgan fingerprint density at radius 2 is 1.50 bits per heavy atom. The highest BCUT2D eigenvalue weighted by atomic mass is 32.2. The molecule has 0 unspecified atom stereocenters. The molecular formula is C24H28N2O3S. The van der Waals surface area contributed by atoms with Crippen molar-refractivity contribution in [3.8, 4) is 0 Å². The van der Waals surface area contributed by atoms with Gasteiger partial charge in [0.05, 0.1) is 4.90 Å². The molecule has 0 aromatic heterocycles. The van der Waals surface area contributed by atoms with Gasteiger partial charge in [0.2, 0.25) is 15.9 Å². The summed E-state index contributed by atoms with van der Waals surface area (Å²) in [6.07, 6.45) is 8.22. The van der Waals surface area contributed by atoms with Gasteiger partial charge in [-0.15, -0.1) is 0 Å². The van der Waals surface area contributed by atoms with Gasteiger partial charge >= 0.3 is 0 Å². The van der Waals surface area contributed by atoms with E-state index in [1.807, 2.05) is 17.0 Å². The van der Waals surface area contributed by atoms with Gasteiger partial charge in [-0.05, 0) is 54.2 Å². The number of carbonyl (C=O) groups is 1. The number of carbonyl (C=O) groups excluding carboxylic acids is 1. The van der Waals surface area contributed by atoms with Gasteiger partial charge in [0.15, 0.2) is 0 Å². The zero-order chi connectivity index (χ0) is 21.0. The molecule has 0 spiro atoms. The molecule has 5 nitrogen and oxygen atoms in total. The number of hydrogen-bond acceptors (Lipinski definition) is 3. The summed E-state index contributed by atoms with van der Waals surface area (Å²) in [4.78, 5) is 14.7. The highest BCUT2D eigenvalue weighted by molar-refractivity contribution is 7.89. The van der Waals surface area contributed by atoms with Crippen molar-refractivity contribution in [1.82, 2.24) is 9.21 Å². The molecule has 1 saturated heterocycles. The molecule has 2 aliphatic rings.